The monoisotopic (exact) mass is 251 g/mol. The highest BCUT2D eigenvalue weighted by atomic mass is 35.5. The van der Waals surface area contributed by atoms with Gasteiger partial charge in [-0.05, 0) is 6.26 Å². The highest BCUT2D eigenvalue weighted by molar-refractivity contribution is 7.99. The molecule has 0 bridgehead atoms. The van der Waals surface area contributed by atoms with E-state index < -0.39 is 0 Å². The van der Waals surface area contributed by atoms with E-state index in [-0.39, 0.29) is 21.9 Å². The zero-order valence-electron chi connectivity index (χ0n) is 7.25. The average molecular weight is 252 g/mol. The molecule has 0 unspecified atom stereocenters. The maximum atomic E-state index is 11.2. The van der Waals surface area contributed by atoms with Gasteiger partial charge in [0.1, 0.15) is 11.3 Å². The van der Waals surface area contributed by atoms with Gasteiger partial charge in [-0.15, -0.1) is 0 Å². The molecule has 1 N–H and O–H groups in total. The number of aromatic nitrogens is 2. The van der Waals surface area contributed by atoms with Crippen molar-refractivity contribution in [1.29, 1.82) is 0 Å². The molecule has 0 fully saturated rings. The van der Waals surface area contributed by atoms with E-state index in [1.54, 1.807) is 0 Å². The number of amides is 1. The molecule has 1 amide bonds. The normalized spacial score (nSPS) is 9.93. The molecule has 0 aliphatic rings. The van der Waals surface area contributed by atoms with Crippen LogP contribution in [0.25, 0.3) is 0 Å². The van der Waals surface area contributed by atoms with E-state index in [0.717, 1.165) is 0 Å². The van der Waals surface area contributed by atoms with Gasteiger partial charge in [-0.25, -0.2) is 9.97 Å². The molecule has 1 aromatic rings. The summed E-state index contributed by atoms with van der Waals surface area (Å²) in [4.78, 5) is 18.6. The van der Waals surface area contributed by atoms with Crippen LogP contribution in [0.1, 0.15) is 0 Å². The fourth-order valence-corrected chi connectivity index (χ4v) is 1.35. The van der Waals surface area contributed by atoms with Crippen molar-refractivity contribution in [2.45, 2.75) is 0 Å². The van der Waals surface area contributed by atoms with Gasteiger partial charge in [0.15, 0.2) is 11.0 Å². The van der Waals surface area contributed by atoms with Gasteiger partial charge in [0.2, 0.25) is 5.91 Å². The molecule has 4 nitrogen and oxygen atoms in total. The fourth-order valence-electron chi connectivity index (χ4n) is 0.735. The van der Waals surface area contributed by atoms with Gasteiger partial charge in [0.05, 0.1) is 5.75 Å². The minimum Gasteiger partial charge on any atom is -0.309 e. The second-order valence-corrected chi connectivity index (χ2v) is 3.91. The molecule has 0 aliphatic heterocycles. The number of nitrogens with one attached hydrogen (secondary N) is 1. The Morgan fingerprint density at radius 2 is 2.29 bits per heavy atom. The summed E-state index contributed by atoms with van der Waals surface area (Å²) in [5.74, 6) is 0.415. The Morgan fingerprint density at radius 3 is 2.93 bits per heavy atom. The summed E-state index contributed by atoms with van der Waals surface area (Å²) in [6.07, 6.45) is 3.07. The van der Waals surface area contributed by atoms with Crippen LogP contribution >= 0.6 is 35.0 Å². The molecule has 7 heteroatoms. The van der Waals surface area contributed by atoms with Crippen LogP contribution in [0, 0.1) is 0 Å². The van der Waals surface area contributed by atoms with Crippen molar-refractivity contribution in [1.82, 2.24) is 9.97 Å². The average Bonchev–Trinajstić information content (AvgIpc) is 2.13. The standard InChI is InChI=1S/C7H7Cl2N3OS/c1-14-2-4(13)12-7-5(8)6(9)10-3-11-7/h3H,2H2,1H3,(H,10,11,12,13). The van der Waals surface area contributed by atoms with E-state index in [9.17, 15) is 4.79 Å². The van der Waals surface area contributed by atoms with Crippen molar-refractivity contribution >= 4 is 46.7 Å². The minimum absolute atomic E-state index is 0.126. The number of thioether (sulfide) groups is 1. The molecule has 0 saturated heterocycles. The Hall–Kier alpha value is -0.520. The summed E-state index contributed by atoms with van der Waals surface area (Å²) in [6, 6.07) is 0. The van der Waals surface area contributed by atoms with Crippen LogP contribution in [0.2, 0.25) is 10.2 Å². The SMILES string of the molecule is CSCC(=O)Nc1ncnc(Cl)c1Cl. The Labute approximate surface area is 95.4 Å². The highest BCUT2D eigenvalue weighted by Gasteiger charge is 2.09. The van der Waals surface area contributed by atoms with Crippen LogP contribution in [0.3, 0.4) is 0 Å². The molecule has 1 rings (SSSR count). The van der Waals surface area contributed by atoms with Crippen molar-refractivity contribution in [3.8, 4) is 0 Å². The Morgan fingerprint density at radius 1 is 1.57 bits per heavy atom. The lowest BCUT2D eigenvalue weighted by Crippen LogP contribution is -2.15. The fraction of sp³-hybridized carbons (Fsp3) is 0.286. The van der Waals surface area contributed by atoms with Crippen LogP contribution in [-0.2, 0) is 4.79 Å². The number of nitrogens with zero attached hydrogens (tertiary/aromatic N) is 2. The lowest BCUT2D eigenvalue weighted by molar-refractivity contribution is -0.113. The number of halogens is 2. The van der Waals surface area contributed by atoms with Crippen molar-refractivity contribution in [2.24, 2.45) is 0 Å². The van der Waals surface area contributed by atoms with Crippen molar-refractivity contribution in [3.63, 3.8) is 0 Å². The third kappa shape index (κ3) is 3.01. The van der Waals surface area contributed by atoms with Crippen LogP contribution in [0.15, 0.2) is 6.33 Å². The first-order valence-corrected chi connectivity index (χ1v) is 5.75. The van der Waals surface area contributed by atoms with Crippen LogP contribution < -0.4 is 5.32 Å². The zero-order valence-corrected chi connectivity index (χ0v) is 9.58. The van der Waals surface area contributed by atoms with Crippen LogP contribution in [0.5, 0.6) is 0 Å². The van der Waals surface area contributed by atoms with Gasteiger partial charge >= 0.3 is 0 Å². The van der Waals surface area contributed by atoms with Crippen molar-refractivity contribution < 1.29 is 4.79 Å². The predicted molar refractivity (Wildman–Crippen MR) is 59.1 cm³/mol. The molecule has 14 heavy (non-hydrogen) atoms. The molecule has 0 radical (unpaired) electrons. The van der Waals surface area contributed by atoms with Gasteiger partial charge in [0.25, 0.3) is 0 Å². The number of carbonyl (C=O) groups excluding carboxylic acids is 1. The molecular weight excluding hydrogens is 245 g/mol. The second-order valence-electron chi connectivity index (χ2n) is 2.31. The number of anilines is 1. The van der Waals surface area contributed by atoms with Gasteiger partial charge in [0, 0.05) is 0 Å². The van der Waals surface area contributed by atoms with Gasteiger partial charge in [-0.2, -0.15) is 11.8 Å². The Bertz CT molecular complexity index is 348. The summed E-state index contributed by atoms with van der Waals surface area (Å²) < 4.78 is 0. The van der Waals surface area contributed by atoms with Crippen molar-refractivity contribution in [3.05, 3.63) is 16.5 Å². The molecular formula is C7H7Cl2N3OS. The molecule has 0 aliphatic carbocycles. The van der Waals surface area contributed by atoms with Crippen molar-refractivity contribution in [2.75, 3.05) is 17.3 Å². The van der Waals surface area contributed by atoms with Gasteiger partial charge in [-0.1, -0.05) is 23.2 Å². The summed E-state index contributed by atoms with van der Waals surface area (Å²) in [6.45, 7) is 0. The molecule has 0 aromatic carbocycles. The lowest BCUT2D eigenvalue weighted by Gasteiger charge is -2.04. The van der Waals surface area contributed by atoms with Gasteiger partial charge < -0.3 is 5.32 Å². The van der Waals surface area contributed by atoms with E-state index in [4.69, 9.17) is 23.2 Å². The van der Waals surface area contributed by atoms with E-state index in [1.807, 2.05) is 6.26 Å². The molecule has 0 saturated carbocycles. The summed E-state index contributed by atoms with van der Waals surface area (Å²) in [5, 5.41) is 2.81. The number of hydrogen-bond donors (Lipinski definition) is 1. The molecule has 0 atom stereocenters. The zero-order chi connectivity index (χ0) is 10.6. The summed E-state index contributed by atoms with van der Waals surface area (Å²) >= 11 is 12.8. The molecule has 1 aromatic heterocycles. The van der Waals surface area contributed by atoms with E-state index in [1.165, 1.54) is 18.1 Å². The third-order valence-electron chi connectivity index (χ3n) is 1.28. The lowest BCUT2D eigenvalue weighted by atomic mass is 10.5. The number of hydrogen-bond acceptors (Lipinski definition) is 4. The van der Waals surface area contributed by atoms with Crippen LogP contribution in [0.4, 0.5) is 5.82 Å². The first-order chi connectivity index (χ1) is 6.65. The Balaban J connectivity index is 2.76. The minimum atomic E-state index is -0.172. The van der Waals surface area contributed by atoms with E-state index in [0.29, 0.717) is 5.75 Å². The Kier molecular flexibility index (Phi) is 4.44. The molecule has 0 spiro atoms. The maximum absolute atomic E-state index is 11.2. The number of carbonyl (C=O) groups is 1. The highest BCUT2D eigenvalue weighted by Crippen LogP contribution is 2.25. The molecule has 76 valence electrons. The first kappa shape index (κ1) is 11.6. The number of rotatable bonds is 3. The quantitative estimate of drug-likeness (QED) is 0.837. The van der Waals surface area contributed by atoms with Crippen LogP contribution in [-0.4, -0.2) is 27.9 Å². The summed E-state index contributed by atoms with van der Waals surface area (Å²) in [5.41, 5.74) is 0. The van der Waals surface area contributed by atoms with E-state index in [2.05, 4.69) is 15.3 Å². The first-order valence-electron chi connectivity index (χ1n) is 3.60. The largest absolute Gasteiger partial charge is 0.309 e. The smallest absolute Gasteiger partial charge is 0.235 e. The maximum Gasteiger partial charge on any atom is 0.235 e. The summed E-state index contributed by atoms with van der Waals surface area (Å²) in [7, 11) is 0. The van der Waals surface area contributed by atoms with Gasteiger partial charge in [-0.3, -0.25) is 4.79 Å². The molecule has 1 heterocycles. The van der Waals surface area contributed by atoms with E-state index >= 15 is 0 Å². The second kappa shape index (κ2) is 5.38. The predicted octanol–water partition coefficient (Wildman–Crippen LogP) is 2.08. The topological polar surface area (TPSA) is 54.9 Å². The third-order valence-corrected chi connectivity index (χ3v) is 2.57.